The molecule has 0 radical (unpaired) electrons. The van der Waals surface area contributed by atoms with Gasteiger partial charge in [-0.3, -0.25) is 0 Å². The molecule has 0 unspecified atom stereocenters. The molecule has 0 saturated heterocycles. The van der Waals surface area contributed by atoms with E-state index in [2.05, 4.69) is 6.58 Å². The second-order valence-corrected chi connectivity index (χ2v) is 3.32. The SMILES string of the molecule is C=CCc1ccc2ccc(F)cc2c1. The van der Waals surface area contributed by atoms with Crippen LogP contribution in [0.5, 0.6) is 0 Å². The zero-order chi connectivity index (χ0) is 9.97. The third-order valence-corrected chi connectivity index (χ3v) is 2.25. The Labute approximate surface area is 82.7 Å². The van der Waals surface area contributed by atoms with E-state index in [0.29, 0.717) is 0 Å². The summed E-state index contributed by atoms with van der Waals surface area (Å²) in [6.07, 6.45) is 2.67. The lowest BCUT2D eigenvalue weighted by Gasteiger charge is -2.01. The van der Waals surface area contributed by atoms with Crippen LogP contribution in [-0.4, -0.2) is 0 Å². The first-order chi connectivity index (χ1) is 6.79. The molecule has 2 aromatic carbocycles. The van der Waals surface area contributed by atoms with Crippen molar-refractivity contribution in [3.05, 3.63) is 60.4 Å². The molecule has 0 bridgehead atoms. The number of halogens is 1. The Kier molecular flexibility index (Phi) is 2.32. The fourth-order valence-electron chi connectivity index (χ4n) is 1.56. The Bertz CT molecular complexity index is 472. The van der Waals surface area contributed by atoms with Gasteiger partial charge in [-0.15, -0.1) is 6.58 Å². The van der Waals surface area contributed by atoms with E-state index in [1.54, 1.807) is 12.1 Å². The van der Waals surface area contributed by atoms with E-state index in [1.165, 1.54) is 6.07 Å². The lowest BCUT2D eigenvalue weighted by Crippen LogP contribution is -1.82. The van der Waals surface area contributed by atoms with Gasteiger partial charge in [0, 0.05) is 0 Å². The Morgan fingerprint density at radius 3 is 2.64 bits per heavy atom. The van der Waals surface area contributed by atoms with Crippen molar-refractivity contribution in [1.82, 2.24) is 0 Å². The molecular weight excluding hydrogens is 175 g/mol. The van der Waals surface area contributed by atoms with Crippen LogP contribution in [0.4, 0.5) is 4.39 Å². The summed E-state index contributed by atoms with van der Waals surface area (Å²) in [5.41, 5.74) is 1.16. The summed E-state index contributed by atoms with van der Waals surface area (Å²) in [6.45, 7) is 3.68. The average molecular weight is 186 g/mol. The Balaban J connectivity index is 2.57. The summed E-state index contributed by atoms with van der Waals surface area (Å²) >= 11 is 0. The molecule has 2 aromatic rings. The molecule has 0 aromatic heterocycles. The number of fused-ring (bicyclic) bond motifs is 1. The quantitative estimate of drug-likeness (QED) is 0.627. The summed E-state index contributed by atoms with van der Waals surface area (Å²) in [4.78, 5) is 0. The highest BCUT2D eigenvalue weighted by Crippen LogP contribution is 2.17. The van der Waals surface area contributed by atoms with Crippen molar-refractivity contribution in [1.29, 1.82) is 0 Å². The fourth-order valence-corrected chi connectivity index (χ4v) is 1.56. The number of hydrogen-bond donors (Lipinski definition) is 0. The number of allylic oxidation sites excluding steroid dienone is 1. The van der Waals surface area contributed by atoms with Crippen LogP contribution in [0.2, 0.25) is 0 Å². The zero-order valence-corrected chi connectivity index (χ0v) is 7.83. The lowest BCUT2D eigenvalue weighted by atomic mass is 10.1. The summed E-state index contributed by atoms with van der Waals surface area (Å²) in [5.74, 6) is -0.187. The van der Waals surface area contributed by atoms with Gasteiger partial charge in [0.1, 0.15) is 5.82 Å². The van der Waals surface area contributed by atoms with Gasteiger partial charge in [-0.25, -0.2) is 4.39 Å². The minimum Gasteiger partial charge on any atom is -0.207 e. The third kappa shape index (κ3) is 1.67. The molecular formula is C13H11F. The first kappa shape index (κ1) is 8.95. The van der Waals surface area contributed by atoms with Crippen molar-refractivity contribution < 1.29 is 4.39 Å². The maximum absolute atomic E-state index is 12.9. The van der Waals surface area contributed by atoms with Crippen molar-refractivity contribution in [3.63, 3.8) is 0 Å². The molecule has 0 amide bonds. The fraction of sp³-hybridized carbons (Fsp3) is 0.0769. The van der Waals surface area contributed by atoms with Crippen LogP contribution in [0.25, 0.3) is 10.8 Å². The smallest absolute Gasteiger partial charge is 0.123 e. The highest BCUT2D eigenvalue weighted by Gasteiger charge is 1.96. The molecule has 0 aliphatic carbocycles. The topological polar surface area (TPSA) is 0 Å². The minimum absolute atomic E-state index is 0.187. The number of hydrogen-bond acceptors (Lipinski definition) is 0. The van der Waals surface area contributed by atoms with Crippen LogP contribution < -0.4 is 0 Å². The molecule has 0 aliphatic rings. The van der Waals surface area contributed by atoms with Gasteiger partial charge in [-0.05, 0) is 34.9 Å². The van der Waals surface area contributed by atoms with Crippen molar-refractivity contribution in [2.75, 3.05) is 0 Å². The highest BCUT2D eigenvalue weighted by atomic mass is 19.1. The molecule has 70 valence electrons. The molecule has 14 heavy (non-hydrogen) atoms. The van der Waals surface area contributed by atoms with Gasteiger partial charge < -0.3 is 0 Å². The Morgan fingerprint density at radius 2 is 1.86 bits per heavy atom. The minimum atomic E-state index is -0.187. The van der Waals surface area contributed by atoms with Gasteiger partial charge in [0.05, 0.1) is 0 Å². The van der Waals surface area contributed by atoms with Crippen molar-refractivity contribution >= 4 is 10.8 Å². The van der Waals surface area contributed by atoms with Crippen LogP contribution >= 0.6 is 0 Å². The summed E-state index contributed by atoms with van der Waals surface area (Å²) in [7, 11) is 0. The van der Waals surface area contributed by atoms with Crippen LogP contribution in [0.3, 0.4) is 0 Å². The molecule has 0 saturated carbocycles. The average Bonchev–Trinajstić information content (AvgIpc) is 2.17. The van der Waals surface area contributed by atoms with Crippen molar-refractivity contribution in [2.24, 2.45) is 0 Å². The van der Waals surface area contributed by atoms with E-state index in [-0.39, 0.29) is 5.82 Å². The monoisotopic (exact) mass is 186 g/mol. The third-order valence-electron chi connectivity index (χ3n) is 2.25. The van der Waals surface area contributed by atoms with E-state index in [0.717, 1.165) is 22.8 Å². The van der Waals surface area contributed by atoms with Crippen LogP contribution in [0.15, 0.2) is 49.1 Å². The normalized spacial score (nSPS) is 10.4. The second kappa shape index (κ2) is 3.62. The molecule has 0 aliphatic heterocycles. The molecule has 0 nitrogen and oxygen atoms in total. The molecule has 1 heteroatoms. The lowest BCUT2D eigenvalue weighted by molar-refractivity contribution is 0.630. The van der Waals surface area contributed by atoms with Gasteiger partial charge in [0.2, 0.25) is 0 Å². The maximum atomic E-state index is 12.9. The molecule has 0 atom stereocenters. The largest absolute Gasteiger partial charge is 0.207 e. The predicted octanol–water partition coefficient (Wildman–Crippen LogP) is 3.71. The number of benzene rings is 2. The molecule has 2 rings (SSSR count). The molecule has 0 fully saturated rings. The Hall–Kier alpha value is -1.63. The van der Waals surface area contributed by atoms with Crippen LogP contribution in [0.1, 0.15) is 5.56 Å². The highest BCUT2D eigenvalue weighted by molar-refractivity contribution is 5.83. The molecule has 0 spiro atoms. The molecule has 0 N–H and O–H groups in total. The van der Waals surface area contributed by atoms with Crippen molar-refractivity contribution in [2.45, 2.75) is 6.42 Å². The van der Waals surface area contributed by atoms with Gasteiger partial charge in [-0.2, -0.15) is 0 Å². The number of rotatable bonds is 2. The zero-order valence-electron chi connectivity index (χ0n) is 7.83. The Morgan fingerprint density at radius 1 is 1.07 bits per heavy atom. The summed E-state index contributed by atoms with van der Waals surface area (Å²) in [5, 5.41) is 2.02. The predicted molar refractivity (Wildman–Crippen MR) is 57.8 cm³/mol. The first-order valence-electron chi connectivity index (χ1n) is 4.59. The van der Waals surface area contributed by atoms with E-state index in [4.69, 9.17) is 0 Å². The van der Waals surface area contributed by atoms with Crippen molar-refractivity contribution in [3.8, 4) is 0 Å². The van der Waals surface area contributed by atoms with E-state index in [9.17, 15) is 4.39 Å². The van der Waals surface area contributed by atoms with E-state index < -0.39 is 0 Å². The van der Waals surface area contributed by atoms with Gasteiger partial charge in [0.15, 0.2) is 0 Å². The van der Waals surface area contributed by atoms with Crippen LogP contribution in [-0.2, 0) is 6.42 Å². The summed E-state index contributed by atoms with van der Waals surface area (Å²) in [6, 6.07) is 10.9. The van der Waals surface area contributed by atoms with Gasteiger partial charge >= 0.3 is 0 Å². The van der Waals surface area contributed by atoms with E-state index in [1.807, 2.05) is 24.3 Å². The van der Waals surface area contributed by atoms with Gasteiger partial charge in [-0.1, -0.05) is 30.3 Å². The standard InChI is InChI=1S/C13H11F/c1-2-3-10-4-5-11-6-7-13(14)9-12(11)8-10/h2,4-9H,1,3H2. The van der Waals surface area contributed by atoms with Crippen LogP contribution in [0, 0.1) is 5.82 Å². The summed E-state index contributed by atoms with van der Waals surface area (Å²) < 4.78 is 12.9. The molecule has 0 heterocycles. The van der Waals surface area contributed by atoms with E-state index >= 15 is 0 Å². The maximum Gasteiger partial charge on any atom is 0.123 e. The first-order valence-corrected chi connectivity index (χ1v) is 4.59. The second-order valence-electron chi connectivity index (χ2n) is 3.32. The van der Waals surface area contributed by atoms with Gasteiger partial charge in [0.25, 0.3) is 0 Å².